The molecule has 0 fully saturated rings. The lowest BCUT2D eigenvalue weighted by Gasteiger charge is -2.11. The molecule has 0 bridgehead atoms. The fourth-order valence-electron chi connectivity index (χ4n) is 3.00. The number of ether oxygens (including phenoxy) is 1. The van der Waals surface area contributed by atoms with Gasteiger partial charge < -0.3 is 10.1 Å². The molecule has 1 N–H and O–H groups in total. The van der Waals surface area contributed by atoms with E-state index in [4.69, 9.17) is 16.3 Å². The molecule has 2 aliphatic heterocycles. The van der Waals surface area contributed by atoms with Crippen LogP contribution in [0.4, 0.5) is 5.69 Å². The maximum Gasteiger partial charge on any atom is 0.228 e. The molecule has 0 spiro atoms. The van der Waals surface area contributed by atoms with Crippen LogP contribution in [0.1, 0.15) is 24.5 Å². The number of nitrogens with one attached hydrogen (secondary N) is 1. The summed E-state index contributed by atoms with van der Waals surface area (Å²) in [5.41, 5.74) is 3.57. The van der Waals surface area contributed by atoms with Crippen molar-refractivity contribution in [3.05, 3.63) is 76.6 Å². The first-order chi connectivity index (χ1) is 13.1. The van der Waals surface area contributed by atoms with Crippen LogP contribution in [0.25, 0.3) is 0 Å². The zero-order valence-corrected chi connectivity index (χ0v) is 15.5. The van der Waals surface area contributed by atoms with E-state index < -0.39 is 0 Å². The Hall–Kier alpha value is -2.92. The predicted molar refractivity (Wildman–Crippen MR) is 107 cm³/mol. The number of anilines is 1. The Bertz CT molecular complexity index is 960. The van der Waals surface area contributed by atoms with Crippen molar-refractivity contribution in [2.24, 2.45) is 9.98 Å². The summed E-state index contributed by atoms with van der Waals surface area (Å²) in [6, 6.07) is 14.8. The second-order valence-electron chi connectivity index (χ2n) is 6.58. The lowest BCUT2D eigenvalue weighted by atomic mass is 10.1. The van der Waals surface area contributed by atoms with Gasteiger partial charge in [0.2, 0.25) is 11.8 Å². The van der Waals surface area contributed by atoms with Gasteiger partial charge in [-0.3, -0.25) is 9.79 Å². The molecule has 1 amide bonds. The van der Waals surface area contributed by atoms with Crippen LogP contribution in [-0.4, -0.2) is 23.6 Å². The van der Waals surface area contributed by atoms with E-state index in [1.165, 1.54) is 0 Å². The third-order valence-electron chi connectivity index (χ3n) is 4.41. The quantitative estimate of drug-likeness (QED) is 0.857. The van der Waals surface area contributed by atoms with E-state index in [2.05, 4.69) is 15.3 Å². The monoisotopic (exact) mass is 379 g/mol. The molecule has 2 heterocycles. The van der Waals surface area contributed by atoms with E-state index in [0.717, 1.165) is 34.7 Å². The Morgan fingerprint density at radius 2 is 1.93 bits per heavy atom. The number of aliphatic imine (C=N–C) groups is 2. The Balaban J connectivity index is 1.39. The smallest absolute Gasteiger partial charge is 0.228 e. The second-order valence-corrected chi connectivity index (χ2v) is 7.02. The fraction of sp³-hybridized carbons (Fsp3) is 0.190. The standard InChI is InChI=1S/C21H18ClN3O2/c1-13-10-18-19(12-23-13)27-21(25-18)15-4-8-17(9-5-15)24-20(26)11-14-2-6-16(22)7-3-14/h2-9,12,18H,10-11H2,1H3,(H,24,26). The predicted octanol–water partition coefficient (Wildman–Crippen LogP) is 4.37. The highest BCUT2D eigenvalue weighted by Gasteiger charge is 2.28. The van der Waals surface area contributed by atoms with Gasteiger partial charge in [0.1, 0.15) is 11.8 Å². The highest BCUT2D eigenvalue weighted by Crippen LogP contribution is 2.27. The summed E-state index contributed by atoms with van der Waals surface area (Å²) in [5, 5.41) is 3.55. The lowest BCUT2D eigenvalue weighted by Crippen LogP contribution is -2.14. The van der Waals surface area contributed by atoms with Crippen molar-refractivity contribution in [1.29, 1.82) is 0 Å². The van der Waals surface area contributed by atoms with E-state index in [1.54, 1.807) is 18.3 Å². The normalized spacial score (nSPS) is 18.0. The van der Waals surface area contributed by atoms with Crippen LogP contribution in [0.3, 0.4) is 0 Å². The van der Waals surface area contributed by atoms with Crippen molar-refractivity contribution in [1.82, 2.24) is 0 Å². The molecule has 2 aromatic rings. The second kappa shape index (κ2) is 7.37. The van der Waals surface area contributed by atoms with Crippen LogP contribution in [0, 0.1) is 0 Å². The molecule has 4 rings (SSSR count). The van der Waals surface area contributed by atoms with Gasteiger partial charge in [0.05, 0.1) is 12.6 Å². The molecule has 0 aliphatic carbocycles. The molecule has 0 saturated heterocycles. The minimum Gasteiger partial charge on any atom is -0.439 e. The molecule has 0 saturated carbocycles. The van der Waals surface area contributed by atoms with Crippen LogP contribution >= 0.6 is 11.6 Å². The Morgan fingerprint density at radius 3 is 2.67 bits per heavy atom. The van der Waals surface area contributed by atoms with Crippen LogP contribution in [0.2, 0.25) is 5.02 Å². The number of rotatable bonds is 4. The van der Waals surface area contributed by atoms with E-state index in [-0.39, 0.29) is 11.9 Å². The van der Waals surface area contributed by atoms with Crippen molar-refractivity contribution in [3.8, 4) is 0 Å². The number of amides is 1. The number of carbonyl (C=O) groups excluding carboxylic acids is 1. The molecule has 2 aromatic carbocycles. The number of fused-ring (bicyclic) bond motifs is 1. The lowest BCUT2D eigenvalue weighted by molar-refractivity contribution is -0.115. The molecule has 27 heavy (non-hydrogen) atoms. The van der Waals surface area contributed by atoms with Gasteiger partial charge >= 0.3 is 0 Å². The molecule has 136 valence electrons. The molecule has 5 nitrogen and oxygen atoms in total. The van der Waals surface area contributed by atoms with Crippen molar-refractivity contribution in [2.45, 2.75) is 25.8 Å². The molecule has 6 heteroatoms. The van der Waals surface area contributed by atoms with Gasteiger partial charge in [0.15, 0.2) is 0 Å². The summed E-state index contributed by atoms with van der Waals surface area (Å²) in [4.78, 5) is 21.1. The maximum absolute atomic E-state index is 12.2. The van der Waals surface area contributed by atoms with Crippen LogP contribution in [-0.2, 0) is 16.0 Å². The van der Waals surface area contributed by atoms with Gasteiger partial charge in [-0.15, -0.1) is 0 Å². The zero-order valence-electron chi connectivity index (χ0n) is 14.8. The van der Waals surface area contributed by atoms with Crippen LogP contribution in [0.15, 0.2) is 70.5 Å². The maximum atomic E-state index is 12.2. The van der Waals surface area contributed by atoms with Gasteiger partial charge in [-0.25, -0.2) is 4.99 Å². The van der Waals surface area contributed by atoms with Gasteiger partial charge in [-0.05, 0) is 48.9 Å². The summed E-state index contributed by atoms with van der Waals surface area (Å²) in [7, 11) is 0. The highest BCUT2D eigenvalue weighted by molar-refractivity contribution is 6.30. The van der Waals surface area contributed by atoms with Gasteiger partial charge in [-0.1, -0.05) is 23.7 Å². The first-order valence-corrected chi connectivity index (χ1v) is 9.08. The van der Waals surface area contributed by atoms with Crippen LogP contribution in [0.5, 0.6) is 0 Å². The molecule has 0 aromatic heterocycles. The summed E-state index contributed by atoms with van der Waals surface area (Å²) in [6.45, 7) is 1.99. The first-order valence-electron chi connectivity index (χ1n) is 8.70. The molecule has 1 unspecified atom stereocenters. The van der Waals surface area contributed by atoms with Gasteiger partial charge in [0.25, 0.3) is 0 Å². The van der Waals surface area contributed by atoms with Gasteiger partial charge in [0, 0.05) is 28.4 Å². The van der Waals surface area contributed by atoms with Crippen LogP contribution < -0.4 is 5.32 Å². The molecule has 2 aliphatic rings. The number of nitrogens with zero attached hydrogens (tertiary/aromatic N) is 2. The Kier molecular flexibility index (Phi) is 4.77. The van der Waals surface area contributed by atoms with Gasteiger partial charge in [-0.2, -0.15) is 0 Å². The number of benzene rings is 2. The number of hydrogen-bond donors (Lipinski definition) is 1. The SMILES string of the molecule is CC1=NC=C2OC(c3ccc(NC(=O)Cc4ccc(Cl)cc4)cc3)=NC2C1. The van der Waals surface area contributed by atoms with Crippen molar-refractivity contribution >= 4 is 34.8 Å². The van der Waals surface area contributed by atoms with E-state index in [9.17, 15) is 4.79 Å². The van der Waals surface area contributed by atoms with E-state index in [1.807, 2.05) is 43.3 Å². The van der Waals surface area contributed by atoms with E-state index in [0.29, 0.717) is 17.3 Å². The third-order valence-corrected chi connectivity index (χ3v) is 4.66. The largest absolute Gasteiger partial charge is 0.439 e. The van der Waals surface area contributed by atoms with Crippen molar-refractivity contribution in [3.63, 3.8) is 0 Å². The summed E-state index contributed by atoms with van der Waals surface area (Å²) >= 11 is 5.86. The number of carbonyl (C=O) groups is 1. The minimum absolute atomic E-state index is 0.0243. The number of halogens is 1. The Morgan fingerprint density at radius 1 is 1.19 bits per heavy atom. The topological polar surface area (TPSA) is 63.0 Å². The molecular formula is C21H18ClN3O2. The van der Waals surface area contributed by atoms with Crippen molar-refractivity contribution in [2.75, 3.05) is 5.32 Å². The number of hydrogen-bond acceptors (Lipinski definition) is 4. The van der Waals surface area contributed by atoms with Crippen molar-refractivity contribution < 1.29 is 9.53 Å². The first kappa shape index (κ1) is 17.5. The fourth-order valence-corrected chi connectivity index (χ4v) is 3.12. The Labute approximate surface area is 162 Å². The molecule has 1 atom stereocenters. The minimum atomic E-state index is -0.0803. The average Bonchev–Trinajstić information content (AvgIpc) is 3.07. The molecular weight excluding hydrogens is 362 g/mol. The van der Waals surface area contributed by atoms with E-state index >= 15 is 0 Å². The summed E-state index contributed by atoms with van der Waals surface area (Å²) < 4.78 is 5.82. The third kappa shape index (κ3) is 4.09. The summed E-state index contributed by atoms with van der Waals surface area (Å²) in [5.74, 6) is 1.30. The average molecular weight is 380 g/mol. The molecule has 0 radical (unpaired) electrons. The zero-order chi connectivity index (χ0) is 18.8. The summed E-state index contributed by atoms with van der Waals surface area (Å²) in [6.07, 6.45) is 2.82. The highest BCUT2D eigenvalue weighted by atomic mass is 35.5.